The van der Waals surface area contributed by atoms with Gasteiger partial charge in [0.2, 0.25) is 5.75 Å². The highest BCUT2D eigenvalue weighted by atomic mass is 32.1. The van der Waals surface area contributed by atoms with Gasteiger partial charge >= 0.3 is 0 Å². The second-order valence-electron chi connectivity index (χ2n) is 11.6. The van der Waals surface area contributed by atoms with E-state index < -0.39 is 6.04 Å². The van der Waals surface area contributed by atoms with Crippen LogP contribution in [0.1, 0.15) is 29.7 Å². The molecule has 0 unspecified atom stereocenters. The monoisotopic (exact) mass is 670 g/mol. The number of carbonyl (C=O) groups is 1. The van der Waals surface area contributed by atoms with Gasteiger partial charge in [-0.1, -0.05) is 78.1 Å². The topological polar surface area (TPSA) is 96.1 Å². The summed E-state index contributed by atoms with van der Waals surface area (Å²) >= 11 is 1.29. The minimum absolute atomic E-state index is 0.264. The first kappa shape index (κ1) is 31.7. The van der Waals surface area contributed by atoms with Crippen molar-refractivity contribution in [3.8, 4) is 17.2 Å². The van der Waals surface area contributed by atoms with Gasteiger partial charge in [0.15, 0.2) is 16.3 Å². The van der Waals surface area contributed by atoms with Gasteiger partial charge in [-0.05, 0) is 54.5 Å². The molecule has 6 aromatic rings. The van der Waals surface area contributed by atoms with Crippen molar-refractivity contribution >= 4 is 39.9 Å². The number of hydrogen-bond acceptors (Lipinski definition) is 7. The van der Waals surface area contributed by atoms with Gasteiger partial charge in [0, 0.05) is 34.9 Å². The van der Waals surface area contributed by atoms with Crippen molar-refractivity contribution in [2.24, 2.45) is 4.99 Å². The fraction of sp³-hybridized carbons (Fsp3) is 0.154. The molecular formula is C39H34N4O5S. The van der Waals surface area contributed by atoms with E-state index in [0.717, 1.165) is 16.5 Å². The Balaban J connectivity index is 1.41. The highest BCUT2D eigenvalue weighted by Crippen LogP contribution is 2.42. The highest BCUT2D eigenvalue weighted by Gasteiger charge is 2.34. The zero-order valence-corrected chi connectivity index (χ0v) is 28.3. The predicted molar refractivity (Wildman–Crippen MR) is 192 cm³/mol. The van der Waals surface area contributed by atoms with Gasteiger partial charge in [-0.3, -0.25) is 14.2 Å². The number of para-hydroxylation sites is 2. The van der Waals surface area contributed by atoms with Crippen molar-refractivity contribution in [1.82, 2.24) is 9.13 Å². The zero-order chi connectivity index (χ0) is 34.1. The molecular weight excluding hydrogens is 637 g/mol. The van der Waals surface area contributed by atoms with E-state index in [9.17, 15) is 9.59 Å². The number of thiazole rings is 1. The van der Waals surface area contributed by atoms with Gasteiger partial charge in [0.05, 0.1) is 43.2 Å². The number of nitrogens with one attached hydrogen (secondary N) is 1. The van der Waals surface area contributed by atoms with Gasteiger partial charge in [-0.25, -0.2) is 4.99 Å². The molecule has 1 aliphatic rings. The number of rotatable bonds is 9. The van der Waals surface area contributed by atoms with Gasteiger partial charge in [0.25, 0.3) is 11.5 Å². The van der Waals surface area contributed by atoms with E-state index >= 15 is 0 Å². The minimum Gasteiger partial charge on any atom is -0.493 e. The molecule has 1 atom stereocenters. The summed E-state index contributed by atoms with van der Waals surface area (Å²) in [6.45, 7) is 2.48. The minimum atomic E-state index is -0.838. The first-order chi connectivity index (χ1) is 23.9. The Bertz CT molecular complexity index is 2380. The smallest absolute Gasteiger partial charge is 0.271 e. The van der Waals surface area contributed by atoms with Crippen LogP contribution in [0, 0.1) is 0 Å². The highest BCUT2D eigenvalue weighted by molar-refractivity contribution is 7.07. The molecule has 1 N–H and O–H groups in total. The molecule has 4 aromatic carbocycles. The maximum absolute atomic E-state index is 14.5. The summed E-state index contributed by atoms with van der Waals surface area (Å²) in [7, 11) is 4.60. The second-order valence-corrected chi connectivity index (χ2v) is 12.6. The SMILES string of the molecule is COc1cc([C@@H]2C(C(=O)Nc3ccccc3)=C(C)N=c3s/c(=C\c4cn(Cc5ccccc5)c5ccccc45)c(=O)n32)cc(OC)c1OC. The lowest BCUT2D eigenvalue weighted by Crippen LogP contribution is -2.40. The fourth-order valence-electron chi connectivity index (χ4n) is 6.35. The number of aromatic nitrogens is 2. The van der Waals surface area contributed by atoms with Crippen LogP contribution in [-0.2, 0) is 11.3 Å². The summed E-state index contributed by atoms with van der Waals surface area (Å²) in [5, 5.41) is 4.03. The average Bonchev–Trinajstić information content (AvgIpc) is 3.63. The van der Waals surface area contributed by atoms with Gasteiger partial charge in [-0.15, -0.1) is 0 Å². The largest absolute Gasteiger partial charge is 0.493 e. The quantitative estimate of drug-likeness (QED) is 0.207. The van der Waals surface area contributed by atoms with Crippen LogP contribution < -0.4 is 34.4 Å². The molecule has 0 saturated carbocycles. The van der Waals surface area contributed by atoms with E-state index in [2.05, 4.69) is 40.3 Å². The van der Waals surface area contributed by atoms with Crippen molar-refractivity contribution in [2.75, 3.05) is 26.6 Å². The number of fused-ring (bicyclic) bond motifs is 2. The van der Waals surface area contributed by atoms with Crippen LogP contribution in [0.15, 0.2) is 124 Å². The molecule has 0 spiro atoms. The van der Waals surface area contributed by atoms with Crippen molar-refractivity contribution in [3.05, 3.63) is 151 Å². The molecule has 246 valence electrons. The van der Waals surface area contributed by atoms with Crippen molar-refractivity contribution in [2.45, 2.75) is 19.5 Å². The van der Waals surface area contributed by atoms with Crippen molar-refractivity contribution in [3.63, 3.8) is 0 Å². The number of hydrogen-bond donors (Lipinski definition) is 1. The molecule has 0 saturated heterocycles. The number of anilines is 1. The predicted octanol–water partition coefficient (Wildman–Crippen LogP) is 5.90. The third-order valence-electron chi connectivity index (χ3n) is 8.60. The molecule has 3 heterocycles. The lowest BCUT2D eigenvalue weighted by molar-refractivity contribution is -0.113. The van der Waals surface area contributed by atoms with Crippen molar-refractivity contribution in [1.29, 1.82) is 0 Å². The first-order valence-electron chi connectivity index (χ1n) is 15.7. The molecule has 0 radical (unpaired) electrons. The molecule has 10 heteroatoms. The lowest BCUT2D eigenvalue weighted by atomic mass is 9.94. The van der Waals surface area contributed by atoms with E-state index in [1.54, 1.807) is 23.6 Å². The van der Waals surface area contributed by atoms with Crippen LogP contribution in [0.4, 0.5) is 5.69 Å². The van der Waals surface area contributed by atoms with Gasteiger partial charge in [0.1, 0.15) is 0 Å². The molecule has 1 amide bonds. The Kier molecular flexibility index (Phi) is 8.63. The Morgan fingerprint density at radius 2 is 1.55 bits per heavy atom. The van der Waals surface area contributed by atoms with E-state index in [1.807, 2.05) is 66.7 Å². The van der Waals surface area contributed by atoms with Crippen LogP contribution in [0.3, 0.4) is 0 Å². The zero-order valence-electron chi connectivity index (χ0n) is 27.5. The van der Waals surface area contributed by atoms with Crippen LogP contribution in [0.5, 0.6) is 17.2 Å². The normalized spacial score (nSPS) is 14.4. The molecule has 49 heavy (non-hydrogen) atoms. The maximum atomic E-state index is 14.5. The van der Waals surface area contributed by atoms with E-state index in [1.165, 1.54) is 38.2 Å². The number of nitrogens with zero attached hydrogens (tertiary/aromatic N) is 3. The van der Waals surface area contributed by atoms with Crippen LogP contribution >= 0.6 is 11.3 Å². The fourth-order valence-corrected chi connectivity index (χ4v) is 7.39. The third-order valence-corrected chi connectivity index (χ3v) is 9.59. The molecule has 0 fully saturated rings. The number of carbonyl (C=O) groups excluding carboxylic acids is 1. The van der Waals surface area contributed by atoms with E-state index in [-0.39, 0.29) is 11.5 Å². The summed E-state index contributed by atoms with van der Waals surface area (Å²) in [6, 6.07) is 30.3. The lowest BCUT2D eigenvalue weighted by Gasteiger charge is -2.26. The maximum Gasteiger partial charge on any atom is 0.271 e. The summed E-state index contributed by atoms with van der Waals surface area (Å²) in [5.74, 6) is 0.846. The third kappa shape index (κ3) is 5.91. The standard InChI is InChI=1S/C39H34N4O5S/c1-24-34(37(44)41-28-15-9-6-10-16-28)35(26-19-31(46-2)36(48-4)32(20-26)47-3)43-38(45)33(49-39(43)40-24)21-27-23-42(22-25-13-7-5-8-14-25)30-18-12-11-17-29(27)30/h5-21,23,35H,22H2,1-4H3,(H,41,44)/b33-21-/t35-/m1/s1. The van der Waals surface area contributed by atoms with Crippen LogP contribution in [0.25, 0.3) is 17.0 Å². The molecule has 0 aliphatic carbocycles. The number of benzene rings is 4. The average molecular weight is 671 g/mol. The number of amides is 1. The van der Waals surface area contributed by atoms with Crippen LogP contribution in [0.2, 0.25) is 0 Å². The Labute approximate surface area is 286 Å². The summed E-state index contributed by atoms with van der Waals surface area (Å²) < 4.78 is 21.2. The van der Waals surface area contributed by atoms with Crippen LogP contribution in [-0.4, -0.2) is 36.4 Å². The molecule has 1 aliphatic heterocycles. The van der Waals surface area contributed by atoms with E-state index in [0.29, 0.717) is 55.6 Å². The Hall–Kier alpha value is -5.87. The van der Waals surface area contributed by atoms with Crippen molar-refractivity contribution < 1.29 is 19.0 Å². The Morgan fingerprint density at radius 1 is 0.898 bits per heavy atom. The van der Waals surface area contributed by atoms with Gasteiger partial charge < -0.3 is 24.1 Å². The number of allylic oxidation sites excluding steroid dienone is 1. The van der Waals surface area contributed by atoms with Gasteiger partial charge in [-0.2, -0.15) is 0 Å². The Morgan fingerprint density at radius 3 is 2.22 bits per heavy atom. The summed E-state index contributed by atoms with van der Waals surface area (Å²) in [6.07, 6.45) is 4.00. The number of ether oxygens (including phenoxy) is 3. The van der Waals surface area contributed by atoms with E-state index in [4.69, 9.17) is 19.2 Å². The first-order valence-corrected chi connectivity index (χ1v) is 16.5. The molecule has 7 rings (SSSR count). The summed E-state index contributed by atoms with van der Waals surface area (Å²) in [4.78, 5) is 33.9. The summed E-state index contributed by atoms with van der Waals surface area (Å²) in [5.41, 5.74) is 4.96. The molecule has 0 bridgehead atoms. The second kappa shape index (κ2) is 13.3. The molecule has 2 aromatic heterocycles. The number of methoxy groups -OCH3 is 3. The molecule has 9 nitrogen and oxygen atoms in total.